The lowest BCUT2D eigenvalue weighted by Gasteiger charge is -2.30. The maximum atomic E-state index is 11.8. The molecular weight excluding hydrogens is 270 g/mol. The maximum absolute atomic E-state index is 11.8. The van der Waals surface area contributed by atoms with E-state index in [0.717, 1.165) is 24.0 Å². The Morgan fingerprint density at radius 2 is 1.86 bits per heavy atom. The van der Waals surface area contributed by atoms with Crippen molar-refractivity contribution in [2.75, 3.05) is 13.2 Å². The van der Waals surface area contributed by atoms with Gasteiger partial charge < -0.3 is 10.4 Å². The van der Waals surface area contributed by atoms with Crippen LogP contribution in [0.5, 0.6) is 0 Å². The molecule has 6 heteroatoms. The van der Waals surface area contributed by atoms with Gasteiger partial charge in [0.1, 0.15) is 0 Å². The molecule has 2 atom stereocenters. The zero-order chi connectivity index (χ0) is 15.4. The van der Waals surface area contributed by atoms with E-state index in [2.05, 4.69) is 5.32 Å². The molecule has 6 nitrogen and oxygen atoms in total. The van der Waals surface area contributed by atoms with Crippen LogP contribution in [0.2, 0.25) is 0 Å². The number of nitrogens with zero attached hydrogens (tertiary/aromatic N) is 2. The van der Waals surface area contributed by atoms with Crippen LogP contribution in [0.4, 0.5) is 0 Å². The molecule has 118 valence electrons. The van der Waals surface area contributed by atoms with Crippen molar-refractivity contribution in [1.82, 2.24) is 14.5 Å². The van der Waals surface area contributed by atoms with Crippen LogP contribution in [0.25, 0.3) is 0 Å². The Labute approximate surface area is 124 Å². The summed E-state index contributed by atoms with van der Waals surface area (Å²) in [6.45, 7) is 1.56. The van der Waals surface area contributed by atoms with Gasteiger partial charge in [-0.05, 0) is 31.2 Å². The number of aromatic nitrogens is 2. The van der Waals surface area contributed by atoms with Crippen molar-refractivity contribution in [2.24, 2.45) is 25.9 Å². The SMILES string of the molecule is Cn1c(CNCC2CCCCC2CO)cc(=O)n(C)c1=O. The van der Waals surface area contributed by atoms with Gasteiger partial charge in [-0.2, -0.15) is 0 Å². The van der Waals surface area contributed by atoms with Gasteiger partial charge in [0.05, 0.1) is 0 Å². The molecule has 0 spiro atoms. The number of hydrogen-bond acceptors (Lipinski definition) is 4. The molecular formula is C15H25N3O3. The second kappa shape index (κ2) is 7.04. The molecule has 0 saturated heterocycles. The summed E-state index contributed by atoms with van der Waals surface area (Å²) < 4.78 is 2.60. The monoisotopic (exact) mass is 295 g/mol. The summed E-state index contributed by atoms with van der Waals surface area (Å²) >= 11 is 0. The van der Waals surface area contributed by atoms with E-state index < -0.39 is 0 Å². The number of aliphatic hydroxyl groups excluding tert-OH is 1. The van der Waals surface area contributed by atoms with Gasteiger partial charge in [0.25, 0.3) is 5.56 Å². The lowest BCUT2D eigenvalue weighted by molar-refractivity contribution is 0.133. The van der Waals surface area contributed by atoms with E-state index in [4.69, 9.17) is 0 Å². The van der Waals surface area contributed by atoms with Crippen molar-refractivity contribution in [3.8, 4) is 0 Å². The standard InChI is InChI=1S/C15H25N3O3/c1-17-13(7-14(20)18(2)15(17)21)9-16-8-11-5-3-4-6-12(11)10-19/h7,11-12,16,19H,3-6,8-10H2,1-2H3. The molecule has 1 saturated carbocycles. The fourth-order valence-corrected chi connectivity index (χ4v) is 3.13. The molecule has 2 N–H and O–H groups in total. The molecule has 1 heterocycles. The third kappa shape index (κ3) is 3.63. The normalized spacial score (nSPS) is 22.4. The second-order valence-corrected chi connectivity index (χ2v) is 5.99. The Balaban J connectivity index is 1.97. The van der Waals surface area contributed by atoms with E-state index in [9.17, 15) is 14.7 Å². The van der Waals surface area contributed by atoms with Gasteiger partial charge in [0.15, 0.2) is 0 Å². The van der Waals surface area contributed by atoms with Crippen LogP contribution in [-0.2, 0) is 20.6 Å². The van der Waals surface area contributed by atoms with Crippen LogP contribution in [-0.4, -0.2) is 27.4 Å². The molecule has 0 amide bonds. The summed E-state index contributed by atoms with van der Waals surface area (Å²) in [4.78, 5) is 23.5. The van der Waals surface area contributed by atoms with Crippen LogP contribution in [0.1, 0.15) is 31.4 Å². The highest BCUT2D eigenvalue weighted by molar-refractivity contribution is 5.01. The molecule has 2 unspecified atom stereocenters. The Kier molecular flexibility index (Phi) is 5.36. The minimum Gasteiger partial charge on any atom is -0.396 e. The average Bonchev–Trinajstić information content (AvgIpc) is 2.50. The topological polar surface area (TPSA) is 76.3 Å². The van der Waals surface area contributed by atoms with E-state index in [-0.39, 0.29) is 17.9 Å². The number of aliphatic hydroxyl groups is 1. The van der Waals surface area contributed by atoms with Gasteiger partial charge in [0, 0.05) is 39.0 Å². The van der Waals surface area contributed by atoms with E-state index >= 15 is 0 Å². The lowest BCUT2D eigenvalue weighted by atomic mass is 9.79. The number of rotatable bonds is 5. The van der Waals surface area contributed by atoms with Crippen molar-refractivity contribution in [3.05, 3.63) is 32.6 Å². The maximum Gasteiger partial charge on any atom is 0.330 e. The first kappa shape index (κ1) is 16.0. The molecule has 1 aromatic heterocycles. The van der Waals surface area contributed by atoms with Gasteiger partial charge >= 0.3 is 5.69 Å². The van der Waals surface area contributed by atoms with E-state index in [1.54, 1.807) is 7.05 Å². The highest BCUT2D eigenvalue weighted by Gasteiger charge is 2.23. The third-order valence-corrected chi connectivity index (χ3v) is 4.64. The van der Waals surface area contributed by atoms with E-state index in [1.807, 2.05) is 0 Å². The first-order valence-corrected chi connectivity index (χ1v) is 7.62. The zero-order valence-electron chi connectivity index (χ0n) is 12.8. The number of hydrogen-bond donors (Lipinski definition) is 2. The Morgan fingerprint density at radius 3 is 2.52 bits per heavy atom. The van der Waals surface area contributed by atoms with Crippen LogP contribution in [0, 0.1) is 11.8 Å². The summed E-state index contributed by atoms with van der Waals surface area (Å²) in [5.74, 6) is 0.853. The molecule has 1 aliphatic carbocycles. The smallest absolute Gasteiger partial charge is 0.330 e. The fraction of sp³-hybridized carbons (Fsp3) is 0.733. The highest BCUT2D eigenvalue weighted by atomic mass is 16.3. The minimum absolute atomic E-state index is 0.247. The van der Waals surface area contributed by atoms with Crippen molar-refractivity contribution < 1.29 is 5.11 Å². The van der Waals surface area contributed by atoms with Gasteiger partial charge in [-0.3, -0.25) is 13.9 Å². The van der Waals surface area contributed by atoms with Crippen molar-refractivity contribution >= 4 is 0 Å². The second-order valence-electron chi connectivity index (χ2n) is 5.99. The Hall–Kier alpha value is -1.40. The first-order chi connectivity index (χ1) is 10.0. The third-order valence-electron chi connectivity index (χ3n) is 4.64. The average molecular weight is 295 g/mol. The van der Waals surface area contributed by atoms with Gasteiger partial charge in [-0.15, -0.1) is 0 Å². The fourth-order valence-electron chi connectivity index (χ4n) is 3.13. The minimum atomic E-state index is -0.301. The lowest BCUT2D eigenvalue weighted by Crippen LogP contribution is -2.39. The summed E-state index contributed by atoms with van der Waals surface area (Å²) in [6.07, 6.45) is 4.64. The zero-order valence-corrected chi connectivity index (χ0v) is 12.8. The van der Waals surface area contributed by atoms with Crippen LogP contribution < -0.4 is 16.6 Å². The highest BCUT2D eigenvalue weighted by Crippen LogP contribution is 2.29. The molecule has 21 heavy (non-hydrogen) atoms. The summed E-state index contributed by atoms with van der Waals surface area (Å²) in [7, 11) is 3.16. The van der Waals surface area contributed by atoms with Crippen LogP contribution >= 0.6 is 0 Å². The Bertz CT molecular complexity index is 591. The largest absolute Gasteiger partial charge is 0.396 e. The van der Waals surface area contributed by atoms with Crippen molar-refractivity contribution in [1.29, 1.82) is 0 Å². The van der Waals surface area contributed by atoms with E-state index in [0.29, 0.717) is 24.1 Å². The van der Waals surface area contributed by atoms with Gasteiger partial charge in [0.2, 0.25) is 0 Å². The van der Waals surface area contributed by atoms with Gasteiger partial charge in [-0.1, -0.05) is 12.8 Å². The molecule has 0 bridgehead atoms. The predicted octanol–water partition coefficient (Wildman–Crippen LogP) is -0.0277. The summed E-state index contributed by atoms with van der Waals surface area (Å²) in [6, 6.07) is 1.50. The molecule has 1 fully saturated rings. The quantitative estimate of drug-likeness (QED) is 0.800. The van der Waals surface area contributed by atoms with Crippen LogP contribution in [0.3, 0.4) is 0 Å². The Morgan fingerprint density at radius 1 is 1.19 bits per heavy atom. The number of nitrogens with one attached hydrogen (secondary N) is 1. The first-order valence-electron chi connectivity index (χ1n) is 7.62. The molecule has 0 aromatic carbocycles. The molecule has 1 aromatic rings. The summed E-state index contributed by atoms with van der Waals surface area (Å²) in [5.41, 5.74) is 0.116. The van der Waals surface area contributed by atoms with Crippen molar-refractivity contribution in [2.45, 2.75) is 32.2 Å². The van der Waals surface area contributed by atoms with Gasteiger partial charge in [-0.25, -0.2) is 4.79 Å². The molecule has 1 aliphatic rings. The molecule has 0 radical (unpaired) electrons. The molecule has 0 aliphatic heterocycles. The van der Waals surface area contributed by atoms with E-state index in [1.165, 1.54) is 30.5 Å². The van der Waals surface area contributed by atoms with Crippen LogP contribution in [0.15, 0.2) is 15.7 Å². The predicted molar refractivity (Wildman–Crippen MR) is 81.2 cm³/mol. The van der Waals surface area contributed by atoms with Crippen molar-refractivity contribution in [3.63, 3.8) is 0 Å². The summed E-state index contributed by atoms with van der Waals surface area (Å²) in [5, 5.41) is 12.7. The molecule has 2 rings (SSSR count).